The molecule has 0 heterocycles. The van der Waals surface area contributed by atoms with E-state index in [1.807, 2.05) is 0 Å². The Kier molecular flexibility index (Phi) is 3.91. The number of Topliss-reactive ketones (excluding diaryl/α,β-unsaturated/α-hetero) is 1. The third-order valence-corrected chi connectivity index (χ3v) is 5.24. The van der Waals surface area contributed by atoms with Crippen molar-refractivity contribution in [3.63, 3.8) is 0 Å². The Bertz CT molecular complexity index is 562. The molecule has 1 aromatic rings. The maximum Gasteiger partial charge on any atom is 0.184 e. The number of ketones is 1. The van der Waals surface area contributed by atoms with E-state index in [9.17, 15) is 13.2 Å². The zero-order valence-corrected chi connectivity index (χ0v) is 11.9. The quantitative estimate of drug-likeness (QED) is 0.805. The molecular weight excluding hydrogens is 283 g/mol. The zero-order valence-electron chi connectivity index (χ0n) is 9.62. The number of hydrogen-bond donors (Lipinski definition) is 0. The Morgan fingerprint density at radius 2 is 1.76 bits per heavy atom. The van der Waals surface area contributed by atoms with E-state index in [0.29, 0.717) is 5.02 Å². The second-order valence-electron chi connectivity index (χ2n) is 4.24. The average Bonchev–Trinajstić information content (AvgIpc) is 2.14. The van der Waals surface area contributed by atoms with Crippen LogP contribution in [0.2, 0.25) is 10.0 Å². The molecule has 0 N–H and O–H groups in total. The predicted molar refractivity (Wildman–Crippen MR) is 69.7 cm³/mol. The van der Waals surface area contributed by atoms with Crippen molar-refractivity contribution in [3.05, 3.63) is 33.8 Å². The van der Waals surface area contributed by atoms with Crippen LogP contribution in [0.1, 0.15) is 24.2 Å². The van der Waals surface area contributed by atoms with Crippen LogP contribution < -0.4 is 0 Å². The van der Waals surface area contributed by atoms with E-state index in [4.69, 9.17) is 23.2 Å². The fourth-order valence-electron chi connectivity index (χ4n) is 1.17. The lowest BCUT2D eigenvalue weighted by molar-refractivity contribution is 0.0954. The number of carbonyl (C=O) groups excluding carboxylic acids is 1. The maximum absolute atomic E-state index is 12.1. The first-order valence-corrected chi connectivity index (χ1v) is 7.41. The Morgan fingerprint density at radius 1 is 1.24 bits per heavy atom. The third kappa shape index (κ3) is 2.81. The van der Waals surface area contributed by atoms with E-state index >= 15 is 0 Å². The molecule has 0 bridgehead atoms. The highest BCUT2D eigenvalue weighted by molar-refractivity contribution is 7.92. The molecule has 0 aliphatic rings. The second kappa shape index (κ2) is 4.59. The molecule has 0 saturated carbocycles. The van der Waals surface area contributed by atoms with Crippen molar-refractivity contribution in [3.8, 4) is 0 Å². The lowest BCUT2D eigenvalue weighted by Crippen LogP contribution is -2.40. The van der Waals surface area contributed by atoms with E-state index in [1.54, 1.807) is 0 Å². The van der Waals surface area contributed by atoms with Crippen LogP contribution in [0.5, 0.6) is 0 Å². The summed E-state index contributed by atoms with van der Waals surface area (Å²) in [6, 6.07) is 4.34. The lowest BCUT2D eigenvalue weighted by atomic mass is 10.0. The summed E-state index contributed by atoms with van der Waals surface area (Å²) in [6.07, 6.45) is 1.02. The van der Waals surface area contributed by atoms with Gasteiger partial charge in [0.15, 0.2) is 15.6 Å². The first-order chi connectivity index (χ1) is 7.57. The minimum absolute atomic E-state index is 0.152. The summed E-state index contributed by atoms with van der Waals surface area (Å²) in [6.45, 7) is 2.71. The van der Waals surface area contributed by atoms with E-state index in [1.165, 1.54) is 32.0 Å². The van der Waals surface area contributed by atoms with Crippen molar-refractivity contribution in [1.29, 1.82) is 0 Å². The Labute approximate surface area is 111 Å². The summed E-state index contributed by atoms with van der Waals surface area (Å²) < 4.78 is 21.6. The van der Waals surface area contributed by atoms with Gasteiger partial charge in [-0.2, -0.15) is 0 Å². The van der Waals surface area contributed by atoms with Gasteiger partial charge in [0.1, 0.15) is 4.75 Å². The van der Waals surface area contributed by atoms with Crippen LogP contribution in [0.15, 0.2) is 18.2 Å². The number of sulfone groups is 1. The topological polar surface area (TPSA) is 51.2 Å². The molecule has 6 heteroatoms. The molecule has 0 saturated heterocycles. The van der Waals surface area contributed by atoms with Gasteiger partial charge in [0.2, 0.25) is 0 Å². The van der Waals surface area contributed by atoms with Gasteiger partial charge in [0.25, 0.3) is 0 Å². The van der Waals surface area contributed by atoms with Crippen molar-refractivity contribution in [2.45, 2.75) is 18.6 Å². The van der Waals surface area contributed by atoms with Crippen LogP contribution in [0.25, 0.3) is 0 Å². The van der Waals surface area contributed by atoms with Gasteiger partial charge in [0, 0.05) is 16.8 Å². The number of rotatable bonds is 3. The van der Waals surface area contributed by atoms with Gasteiger partial charge in [-0.3, -0.25) is 4.79 Å². The zero-order chi connectivity index (χ0) is 13.4. The van der Waals surface area contributed by atoms with E-state index in [-0.39, 0.29) is 10.6 Å². The molecule has 0 aliphatic heterocycles. The average molecular weight is 295 g/mol. The molecule has 0 unspecified atom stereocenters. The third-order valence-electron chi connectivity index (χ3n) is 2.65. The highest BCUT2D eigenvalue weighted by Crippen LogP contribution is 2.28. The lowest BCUT2D eigenvalue weighted by Gasteiger charge is -2.21. The van der Waals surface area contributed by atoms with Crippen LogP contribution in [-0.4, -0.2) is 25.2 Å². The van der Waals surface area contributed by atoms with Crippen molar-refractivity contribution in [2.75, 3.05) is 6.26 Å². The number of benzene rings is 1. The molecular formula is C11H12Cl2O3S. The van der Waals surface area contributed by atoms with Crippen molar-refractivity contribution in [2.24, 2.45) is 0 Å². The van der Waals surface area contributed by atoms with Gasteiger partial charge in [-0.05, 0) is 32.0 Å². The monoisotopic (exact) mass is 294 g/mol. The van der Waals surface area contributed by atoms with Crippen molar-refractivity contribution in [1.82, 2.24) is 0 Å². The van der Waals surface area contributed by atoms with Crippen LogP contribution >= 0.6 is 23.2 Å². The molecule has 94 valence electrons. The molecule has 3 nitrogen and oxygen atoms in total. The molecule has 1 rings (SSSR count). The summed E-state index contributed by atoms with van der Waals surface area (Å²) in [5.74, 6) is -0.540. The normalized spacial score (nSPS) is 12.5. The fraction of sp³-hybridized carbons (Fsp3) is 0.364. The van der Waals surface area contributed by atoms with Crippen molar-refractivity contribution < 1.29 is 13.2 Å². The molecule has 0 aromatic heterocycles. The molecule has 0 aliphatic carbocycles. The fourth-order valence-corrected chi connectivity index (χ4v) is 2.11. The van der Waals surface area contributed by atoms with Crippen LogP contribution in [0, 0.1) is 0 Å². The SMILES string of the molecule is CC(C)(C(=O)c1ccc(Cl)cc1Cl)S(C)(=O)=O. The molecule has 0 amide bonds. The smallest absolute Gasteiger partial charge is 0.184 e. The van der Waals surface area contributed by atoms with Crippen LogP contribution in [0.4, 0.5) is 0 Å². The van der Waals surface area contributed by atoms with E-state index in [2.05, 4.69) is 0 Å². The van der Waals surface area contributed by atoms with Gasteiger partial charge < -0.3 is 0 Å². The Hall–Kier alpha value is -0.580. The molecule has 0 fully saturated rings. The largest absolute Gasteiger partial charge is 0.292 e. The van der Waals surface area contributed by atoms with E-state index < -0.39 is 20.4 Å². The van der Waals surface area contributed by atoms with Gasteiger partial charge in [-0.15, -0.1) is 0 Å². The minimum Gasteiger partial charge on any atom is -0.292 e. The summed E-state index contributed by atoms with van der Waals surface area (Å²) in [7, 11) is -3.52. The second-order valence-corrected chi connectivity index (χ2v) is 7.64. The highest BCUT2D eigenvalue weighted by Gasteiger charge is 2.39. The van der Waals surface area contributed by atoms with Crippen LogP contribution in [-0.2, 0) is 9.84 Å². The molecule has 0 atom stereocenters. The highest BCUT2D eigenvalue weighted by atomic mass is 35.5. The van der Waals surface area contributed by atoms with Gasteiger partial charge in [-0.1, -0.05) is 23.2 Å². The predicted octanol–water partition coefficient (Wildman–Crippen LogP) is 3.00. The van der Waals surface area contributed by atoms with E-state index in [0.717, 1.165) is 6.26 Å². The number of hydrogen-bond acceptors (Lipinski definition) is 3. The first-order valence-electron chi connectivity index (χ1n) is 4.77. The van der Waals surface area contributed by atoms with Gasteiger partial charge >= 0.3 is 0 Å². The standard InChI is InChI=1S/C11H12Cl2O3S/c1-11(2,17(3,15)16)10(14)8-5-4-7(12)6-9(8)13/h4-6H,1-3H3. The van der Waals surface area contributed by atoms with Crippen molar-refractivity contribution >= 4 is 38.8 Å². The Morgan fingerprint density at radius 3 is 2.18 bits per heavy atom. The maximum atomic E-state index is 12.1. The summed E-state index contributed by atoms with van der Waals surface area (Å²) >= 11 is 11.6. The van der Waals surface area contributed by atoms with Gasteiger partial charge in [-0.25, -0.2) is 8.42 Å². The molecule has 0 spiro atoms. The summed E-state index contributed by atoms with van der Waals surface area (Å²) in [4.78, 5) is 12.1. The Balaban J connectivity index is 3.32. The molecule has 0 radical (unpaired) electrons. The molecule has 17 heavy (non-hydrogen) atoms. The summed E-state index contributed by atoms with van der Waals surface area (Å²) in [5.41, 5.74) is 0.159. The summed E-state index contributed by atoms with van der Waals surface area (Å²) in [5, 5.41) is 0.544. The van der Waals surface area contributed by atoms with Crippen LogP contribution in [0.3, 0.4) is 0 Å². The number of halogens is 2. The molecule has 1 aromatic carbocycles. The first kappa shape index (κ1) is 14.5. The number of carbonyl (C=O) groups is 1. The minimum atomic E-state index is -3.52. The van der Waals surface area contributed by atoms with Gasteiger partial charge in [0.05, 0.1) is 5.02 Å².